The van der Waals surface area contributed by atoms with E-state index < -0.39 is 0 Å². The molecule has 28 heavy (non-hydrogen) atoms. The molecule has 0 atom stereocenters. The molecule has 0 fully saturated rings. The van der Waals surface area contributed by atoms with Gasteiger partial charge in [0.05, 0.1) is 34.2 Å². The largest absolute Gasteiger partial charge is 0.497 e. The molecule has 2 aromatic carbocycles. The number of hydrazone groups is 1. The quantitative estimate of drug-likeness (QED) is 0.525. The Bertz CT molecular complexity index is 808. The number of amides is 1. The van der Waals surface area contributed by atoms with Gasteiger partial charge in [0.2, 0.25) is 5.75 Å². The SMILES string of the molecule is COc1ccc(OCC(=O)NN=C(C)c2cc(OC)c(OC)c(OC)c2)cc1. The zero-order valence-electron chi connectivity index (χ0n) is 16.6. The highest BCUT2D eigenvalue weighted by atomic mass is 16.5. The second-order valence-corrected chi connectivity index (χ2v) is 5.61. The van der Waals surface area contributed by atoms with Gasteiger partial charge in [0.15, 0.2) is 18.1 Å². The number of methoxy groups -OCH3 is 4. The van der Waals surface area contributed by atoms with Gasteiger partial charge in [-0.15, -0.1) is 0 Å². The van der Waals surface area contributed by atoms with Crippen LogP contribution in [-0.2, 0) is 4.79 Å². The molecule has 0 aliphatic carbocycles. The van der Waals surface area contributed by atoms with Crippen LogP contribution in [-0.4, -0.2) is 46.7 Å². The van der Waals surface area contributed by atoms with Crippen LogP contribution in [0.5, 0.6) is 28.7 Å². The number of rotatable bonds is 9. The van der Waals surface area contributed by atoms with Gasteiger partial charge in [-0.2, -0.15) is 5.10 Å². The molecule has 0 saturated carbocycles. The first kappa shape index (κ1) is 20.9. The molecule has 0 aliphatic heterocycles. The van der Waals surface area contributed by atoms with Crippen LogP contribution < -0.4 is 29.1 Å². The highest BCUT2D eigenvalue weighted by molar-refractivity contribution is 6.00. The van der Waals surface area contributed by atoms with Crippen LogP contribution in [0.25, 0.3) is 0 Å². The monoisotopic (exact) mass is 388 g/mol. The van der Waals surface area contributed by atoms with Crippen LogP contribution in [0.4, 0.5) is 0 Å². The summed E-state index contributed by atoms with van der Waals surface area (Å²) in [4.78, 5) is 12.0. The lowest BCUT2D eigenvalue weighted by molar-refractivity contribution is -0.123. The summed E-state index contributed by atoms with van der Waals surface area (Å²) in [6.07, 6.45) is 0. The molecule has 0 radical (unpaired) electrons. The molecule has 150 valence electrons. The zero-order valence-corrected chi connectivity index (χ0v) is 16.6. The molecule has 0 spiro atoms. The van der Waals surface area contributed by atoms with Gasteiger partial charge >= 0.3 is 0 Å². The number of hydrogen-bond acceptors (Lipinski definition) is 7. The van der Waals surface area contributed by atoms with E-state index in [9.17, 15) is 4.79 Å². The average Bonchev–Trinajstić information content (AvgIpc) is 2.74. The van der Waals surface area contributed by atoms with Crippen molar-refractivity contribution >= 4 is 11.6 Å². The number of hydrogen-bond donors (Lipinski definition) is 1. The third-order valence-corrected chi connectivity index (χ3v) is 3.86. The van der Waals surface area contributed by atoms with E-state index in [1.165, 1.54) is 21.3 Å². The molecular formula is C20H24N2O6. The minimum absolute atomic E-state index is 0.168. The molecule has 2 rings (SSSR count). The lowest BCUT2D eigenvalue weighted by atomic mass is 10.1. The summed E-state index contributed by atoms with van der Waals surface area (Å²) < 4.78 is 26.4. The summed E-state index contributed by atoms with van der Waals surface area (Å²) in [5, 5.41) is 4.11. The number of ether oxygens (including phenoxy) is 5. The van der Waals surface area contributed by atoms with E-state index >= 15 is 0 Å². The highest BCUT2D eigenvalue weighted by Crippen LogP contribution is 2.38. The second kappa shape index (κ2) is 10.1. The molecule has 8 heteroatoms. The van der Waals surface area contributed by atoms with E-state index in [2.05, 4.69) is 10.5 Å². The van der Waals surface area contributed by atoms with E-state index in [4.69, 9.17) is 23.7 Å². The Labute approximate surface area is 164 Å². The number of nitrogens with one attached hydrogen (secondary N) is 1. The van der Waals surface area contributed by atoms with E-state index in [1.807, 2.05) is 0 Å². The predicted molar refractivity (Wildman–Crippen MR) is 105 cm³/mol. The van der Waals surface area contributed by atoms with Crippen LogP contribution >= 0.6 is 0 Å². The predicted octanol–water partition coefficient (Wildman–Crippen LogP) is 2.64. The van der Waals surface area contributed by atoms with Gasteiger partial charge in [-0.3, -0.25) is 4.79 Å². The summed E-state index contributed by atoms with van der Waals surface area (Å²) in [5.41, 5.74) is 3.74. The molecular weight excluding hydrogens is 364 g/mol. The Morgan fingerprint density at radius 1 is 0.893 bits per heavy atom. The molecule has 1 amide bonds. The fraction of sp³-hybridized carbons (Fsp3) is 0.300. The molecule has 0 unspecified atom stereocenters. The van der Waals surface area contributed by atoms with E-state index in [0.29, 0.717) is 40.0 Å². The maximum Gasteiger partial charge on any atom is 0.277 e. The van der Waals surface area contributed by atoms with Crippen LogP contribution in [0.2, 0.25) is 0 Å². The Balaban J connectivity index is 2.01. The molecule has 0 aromatic heterocycles. The van der Waals surface area contributed by atoms with Crippen LogP contribution in [0, 0.1) is 0 Å². The number of nitrogens with zero attached hydrogens (tertiary/aromatic N) is 1. The first-order valence-electron chi connectivity index (χ1n) is 8.42. The van der Waals surface area contributed by atoms with Gasteiger partial charge in [-0.25, -0.2) is 5.43 Å². The Morgan fingerprint density at radius 2 is 1.46 bits per heavy atom. The maximum atomic E-state index is 12.0. The summed E-state index contributed by atoms with van der Waals surface area (Å²) in [6.45, 7) is 1.59. The van der Waals surface area contributed by atoms with Gasteiger partial charge in [-0.1, -0.05) is 0 Å². The van der Waals surface area contributed by atoms with Crippen molar-refractivity contribution in [2.45, 2.75) is 6.92 Å². The van der Waals surface area contributed by atoms with Crippen molar-refractivity contribution in [3.63, 3.8) is 0 Å². The molecule has 0 aliphatic rings. The summed E-state index contributed by atoms with van der Waals surface area (Å²) in [5.74, 6) is 2.37. The van der Waals surface area contributed by atoms with Gasteiger partial charge in [0.1, 0.15) is 11.5 Å². The minimum atomic E-state index is -0.386. The van der Waals surface area contributed by atoms with Crippen molar-refractivity contribution in [2.75, 3.05) is 35.0 Å². The summed E-state index contributed by atoms with van der Waals surface area (Å²) >= 11 is 0. The summed E-state index contributed by atoms with van der Waals surface area (Å²) in [6, 6.07) is 10.4. The Kier molecular flexibility index (Phi) is 7.50. The average molecular weight is 388 g/mol. The highest BCUT2D eigenvalue weighted by Gasteiger charge is 2.14. The fourth-order valence-corrected chi connectivity index (χ4v) is 2.35. The number of carbonyl (C=O) groups is 1. The van der Waals surface area contributed by atoms with Crippen LogP contribution in [0.3, 0.4) is 0 Å². The van der Waals surface area contributed by atoms with Crippen molar-refractivity contribution in [3.8, 4) is 28.7 Å². The molecule has 2 aromatic rings. The van der Waals surface area contributed by atoms with Crippen molar-refractivity contribution in [1.29, 1.82) is 0 Å². The Hall–Kier alpha value is -3.42. The molecule has 0 heterocycles. The van der Waals surface area contributed by atoms with Gasteiger partial charge in [0.25, 0.3) is 5.91 Å². The van der Waals surface area contributed by atoms with Crippen molar-refractivity contribution in [1.82, 2.24) is 5.43 Å². The first-order valence-corrected chi connectivity index (χ1v) is 8.42. The molecule has 8 nitrogen and oxygen atoms in total. The van der Waals surface area contributed by atoms with E-state index in [0.717, 1.165) is 0 Å². The van der Waals surface area contributed by atoms with E-state index in [1.54, 1.807) is 50.4 Å². The summed E-state index contributed by atoms with van der Waals surface area (Å²) in [7, 11) is 6.18. The van der Waals surface area contributed by atoms with Crippen molar-refractivity contribution in [2.24, 2.45) is 5.10 Å². The smallest absolute Gasteiger partial charge is 0.277 e. The van der Waals surface area contributed by atoms with Crippen LogP contribution in [0.1, 0.15) is 12.5 Å². The minimum Gasteiger partial charge on any atom is -0.497 e. The fourth-order valence-electron chi connectivity index (χ4n) is 2.35. The third-order valence-electron chi connectivity index (χ3n) is 3.86. The van der Waals surface area contributed by atoms with Crippen LogP contribution in [0.15, 0.2) is 41.5 Å². The van der Waals surface area contributed by atoms with Crippen molar-refractivity contribution < 1.29 is 28.5 Å². The third kappa shape index (κ3) is 5.29. The van der Waals surface area contributed by atoms with Gasteiger partial charge in [-0.05, 0) is 43.3 Å². The normalized spacial score (nSPS) is 10.8. The maximum absolute atomic E-state index is 12.0. The second-order valence-electron chi connectivity index (χ2n) is 5.61. The molecule has 1 N–H and O–H groups in total. The Morgan fingerprint density at radius 3 is 1.96 bits per heavy atom. The molecule has 0 bridgehead atoms. The molecule has 0 saturated heterocycles. The zero-order chi connectivity index (χ0) is 20.5. The number of benzene rings is 2. The first-order chi connectivity index (χ1) is 13.5. The number of carbonyl (C=O) groups excluding carboxylic acids is 1. The van der Waals surface area contributed by atoms with Gasteiger partial charge in [0, 0.05) is 5.56 Å². The standard InChI is InChI=1S/C20H24N2O6/c1-13(14-10-17(25-3)20(27-5)18(11-14)26-4)21-22-19(23)12-28-16-8-6-15(24-2)7-9-16/h6-11H,12H2,1-5H3,(H,22,23). The topological polar surface area (TPSA) is 87.6 Å². The van der Waals surface area contributed by atoms with Gasteiger partial charge < -0.3 is 23.7 Å². The van der Waals surface area contributed by atoms with E-state index in [-0.39, 0.29) is 12.5 Å². The van der Waals surface area contributed by atoms with Crippen molar-refractivity contribution in [3.05, 3.63) is 42.0 Å². The lowest BCUT2D eigenvalue weighted by Crippen LogP contribution is -2.25. The lowest BCUT2D eigenvalue weighted by Gasteiger charge is -2.14.